The molecular weight excluding hydrogens is 264 g/mol. The number of amides is 1. The Morgan fingerprint density at radius 1 is 1.53 bits per heavy atom. The number of aromatic hydroxyl groups is 1. The average Bonchev–Trinajstić information content (AvgIpc) is 2.90. The number of hydrogen-bond acceptors (Lipinski definition) is 5. The maximum absolute atomic E-state index is 11.6. The van der Waals surface area contributed by atoms with E-state index in [1.54, 1.807) is 29.8 Å². The minimum absolute atomic E-state index is 0.0619. The Morgan fingerprint density at radius 2 is 2.37 bits per heavy atom. The van der Waals surface area contributed by atoms with Crippen LogP contribution in [0.2, 0.25) is 0 Å². The zero-order valence-corrected chi connectivity index (χ0v) is 11.0. The third kappa shape index (κ3) is 3.56. The SMILES string of the molecule is COc1cc(C=CC(=O)Nc2nccs2)ccc1O. The summed E-state index contributed by atoms with van der Waals surface area (Å²) in [6, 6.07) is 4.84. The number of methoxy groups -OCH3 is 1. The minimum atomic E-state index is -0.262. The standard InChI is InChI=1S/C13H12N2O3S/c1-18-11-8-9(2-4-10(11)16)3-5-12(17)15-13-14-6-7-19-13/h2-8,16H,1H3,(H,14,15,17). The van der Waals surface area contributed by atoms with Gasteiger partial charge in [-0.05, 0) is 23.8 Å². The molecule has 1 aromatic carbocycles. The van der Waals surface area contributed by atoms with Gasteiger partial charge in [-0.1, -0.05) is 6.07 Å². The van der Waals surface area contributed by atoms with Gasteiger partial charge >= 0.3 is 0 Å². The Balaban J connectivity index is 2.04. The van der Waals surface area contributed by atoms with Crippen molar-refractivity contribution in [3.05, 3.63) is 41.4 Å². The van der Waals surface area contributed by atoms with E-state index in [1.807, 2.05) is 0 Å². The molecule has 0 unspecified atom stereocenters. The molecule has 19 heavy (non-hydrogen) atoms. The summed E-state index contributed by atoms with van der Waals surface area (Å²) in [7, 11) is 1.47. The Morgan fingerprint density at radius 3 is 3.05 bits per heavy atom. The quantitative estimate of drug-likeness (QED) is 0.842. The minimum Gasteiger partial charge on any atom is -0.504 e. The lowest BCUT2D eigenvalue weighted by Crippen LogP contribution is -2.07. The van der Waals surface area contributed by atoms with Crippen LogP contribution < -0.4 is 10.1 Å². The molecule has 0 saturated carbocycles. The number of nitrogens with zero attached hydrogens (tertiary/aromatic N) is 1. The van der Waals surface area contributed by atoms with Gasteiger partial charge in [0.2, 0.25) is 5.91 Å². The third-order valence-electron chi connectivity index (χ3n) is 2.29. The highest BCUT2D eigenvalue weighted by Crippen LogP contribution is 2.26. The van der Waals surface area contributed by atoms with E-state index in [0.29, 0.717) is 10.9 Å². The number of ether oxygens (including phenoxy) is 1. The molecule has 0 aliphatic heterocycles. The predicted molar refractivity (Wildman–Crippen MR) is 74.4 cm³/mol. The summed E-state index contributed by atoms with van der Waals surface area (Å²) in [5.41, 5.74) is 0.754. The smallest absolute Gasteiger partial charge is 0.250 e. The van der Waals surface area contributed by atoms with Crippen LogP contribution in [0.15, 0.2) is 35.9 Å². The van der Waals surface area contributed by atoms with Crippen LogP contribution in [0.4, 0.5) is 5.13 Å². The number of phenolic OH excluding ortho intramolecular Hbond substituents is 1. The molecule has 0 aliphatic rings. The van der Waals surface area contributed by atoms with Crippen molar-refractivity contribution in [2.24, 2.45) is 0 Å². The highest BCUT2D eigenvalue weighted by atomic mass is 32.1. The molecule has 5 nitrogen and oxygen atoms in total. The van der Waals surface area contributed by atoms with Crippen molar-refractivity contribution in [2.75, 3.05) is 12.4 Å². The fraction of sp³-hybridized carbons (Fsp3) is 0.0769. The normalized spacial score (nSPS) is 10.6. The second-order valence-electron chi connectivity index (χ2n) is 3.59. The molecule has 0 spiro atoms. The zero-order valence-electron chi connectivity index (χ0n) is 10.2. The summed E-state index contributed by atoms with van der Waals surface area (Å²) in [5, 5.41) is 14.4. The van der Waals surface area contributed by atoms with E-state index in [-0.39, 0.29) is 11.7 Å². The first-order valence-corrected chi connectivity index (χ1v) is 6.32. The molecule has 0 atom stereocenters. The van der Waals surface area contributed by atoms with Crippen LogP contribution in [0.25, 0.3) is 6.08 Å². The van der Waals surface area contributed by atoms with Gasteiger partial charge in [-0.3, -0.25) is 10.1 Å². The molecule has 1 amide bonds. The van der Waals surface area contributed by atoms with Gasteiger partial charge in [-0.15, -0.1) is 11.3 Å². The Labute approximate surface area is 114 Å². The fourth-order valence-corrected chi connectivity index (χ4v) is 1.93. The first-order valence-electron chi connectivity index (χ1n) is 5.44. The maximum Gasteiger partial charge on any atom is 0.250 e. The summed E-state index contributed by atoms with van der Waals surface area (Å²) < 4.78 is 4.98. The molecule has 0 bridgehead atoms. The van der Waals surface area contributed by atoms with Crippen LogP contribution >= 0.6 is 11.3 Å². The number of benzene rings is 1. The van der Waals surface area contributed by atoms with Gasteiger partial charge in [0.25, 0.3) is 0 Å². The number of carbonyl (C=O) groups is 1. The van der Waals surface area contributed by atoms with Crippen molar-refractivity contribution in [2.45, 2.75) is 0 Å². The largest absolute Gasteiger partial charge is 0.504 e. The molecule has 0 fully saturated rings. The van der Waals surface area contributed by atoms with E-state index in [9.17, 15) is 9.90 Å². The summed E-state index contributed by atoms with van der Waals surface area (Å²) in [4.78, 5) is 15.5. The van der Waals surface area contributed by atoms with Crippen molar-refractivity contribution < 1.29 is 14.6 Å². The molecule has 2 aromatic rings. The molecule has 0 saturated heterocycles. The molecule has 0 radical (unpaired) electrons. The predicted octanol–water partition coefficient (Wildman–Crippen LogP) is 2.51. The van der Waals surface area contributed by atoms with Gasteiger partial charge in [0.05, 0.1) is 7.11 Å². The van der Waals surface area contributed by atoms with Gasteiger partial charge < -0.3 is 9.84 Å². The topological polar surface area (TPSA) is 71.5 Å². The molecule has 2 rings (SSSR count). The van der Waals surface area contributed by atoms with E-state index in [0.717, 1.165) is 5.56 Å². The number of aromatic nitrogens is 1. The summed E-state index contributed by atoms with van der Waals surface area (Å²) in [5.74, 6) is 0.163. The third-order valence-corrected chi connectivity index (χ3v) is 2.98. The molecule has 1 aromatic heterocycles. The number of hydrogen-bond donors (Lipinski definition) is 2. The Kier molecular flexibility index (Phi) is 4.15. The van der Waals surface area contributed by atoms with Crippen LogP contribution in [0.1, 0.15) is 5.56 Å². The second kappa shape index (κ2) is 6.01. The second-order valence-corrected chi connectivity index (χ2v) is 4.49. The zero-order chi connectivity index (χ0) is 13.7. The van der Waals surface area contributed by atoms with Crippen LogP contribution in [-0.4, -0.2) is 23.1 Å². The van der Waals surface area contributed by atoms with E-state index < -0.39 is 0 Å². The molecule has 98 valence electrons. The van der Waals surface area contributed by atoms with Gasteiger partial charge in [0.15, 0.2) is 16.6 Å². The first kappa shape index (κ1) is 13.1. The molecule has 2 N–H and O–H groups in total. The van der Waals surface area contributed by atoms with Crippen molar-refractivity contribution in [1.82, 2.24) is 4.98 Å². The molecular formula is C13H12N2O3S. The van der Waals surface area contributed by atoms with Crippen LogP contribution in [0.3, 0.4) is 0 Å². The number of anilines is 1. The van der Waals surface area contributed by atoms with Crippen LogP contribution in [-0.2, 0) is 4.79 Å². The number of phenols is 1. The lowest BCUT2D eigenvalue weighted by molar-refractivity contribution is -0.111. The van der Waals surface area contributed by atoms with Crippen molar-refractivity contribution in [3.63, 3.8) is 0 Å². The molecule has 0 aliphatic carbocycles. The lowest BCUT2D eigenvalue weighted by Gasteiger charge is -2.03. The monoisotopic (exact) mass is 276 g/mol. The van der Waals surface area contributed by atoms with Gasteiger partial charge in [-0.25, -0.2) is 4.98 Å². The Hall–Kier alpha value is -2.34. The highest BCUT2D eigenvalue weighted by molar-refractivity contribution is 7.13. The Bertz CT molecular complexity index is 594. The molecule has 1 heterocycles. The maximum atomic E-state index is 11.6. The van der Waals surface area contributed by atoms with Gasteiger partial charge in [0, 0.05) is 17.7 Å². The molecule has 6 heteroatoms. The van der Waals surface area contributed by atoms with E-state index in [1.165, 1.54) is 30.6 Å². The number of rotatable bonds is 4. The average molecular weight is 276 g/mol. The van der Waals surface area contributed by atoms with E-state index in [4.69, 9.17) is 4.74 Å². The highest BCUT2D eigenvalue weighted by Gasteiger charge is 2.02. The van der Waals surface area contributed by atoms with Gasteiger partial charge in [0.1, 0.15) is 0 Å². The first-order chi connectivity index (χ1) is 9.19. The van der Waals surface area contributed by atoms with Crippen molar-refractivity contribution in [1.29, 1.82) is 0 Å². The van der Waals surface area contributed by atoms with E-state index >= 15 is 0 Å². The fourth-order valence-electron chi connectivity index (χ4n) is 1.40. The number of nitrogens with one attached hydrogen (secondary N) is 1. The summed E-state index contributed by atoms with van der Waals surface area (Å²) in [6.07, 6.45) is 4.65. The van der Waals surface area contributed by atoms with Crippen molar-refractivity contribution >= 4 is 28.5 Å². The summed E-state index contributed by atoms with van der Waals surface area (Å²) >= 11 is 1.35. The van der Waals surface area contributed by atoms with Crippen LogP contribution in [0.5, 0.6) is 11.5 Å². The lowest BCUT2D eigenvalue weighted by atomic mass is 10.2. The number of carbonyl (C=O) groups excluding carboxylic acids is 1. The number of thiazole rings is 1. The van der Waals surface area contributed by atoms with Crippen molar-refractivity contribution in [3.8, 4) is 11.5 Å². The van der Waals surface area contributed by atoms with Crippen LogP contribution in [0, 0.1) is 0 Å². The van der Waals surface area contributed by atoms with Gasteiger partial charge in [-0.2, -0.15) is 0 Å². The van der Waals surface area contributed by atoms with E-state index in [2.05, 4.69) is 10.3 Å². The summed E-state index contributed by atoms with van der Waals surface area (Å²) in [6.45, 7) is 0.